The summed E-state index contributed by atoms with van der Waals surface area (Å²) < 4.78 is 0. The molecule has 3 N–H and O–H groups in total. The van der Waals surface area contributed by atoms with E-state index in [9.17, 15) is 14.4 Å². The Labute approximate surface area is 137 Å². The molecule has 2 amide bonds. The largest absolute Gasteiger partial charge is 0.480 e. The summed E-state index contributed by atoms with van der Waals surface area (Å²) in [7, 11) is 2.02. The first kappa shape index (κ1) is 19.4. The van der Waals surface area contributed by atoms with E-state index in [1.54, 1.807) is 0 Å². The summed E-state index contributed by atoms with van der Waals surface area (Å²) in [5.74, 6) is -1.79. The summed E-state index contributed by atoms with van der Waals surface area (Å²) in [4.78, 5) is 37.9. The number of piperidine rings is 1. The number of likely N-dealkylation sites (tertiary alicyclic amines) is 1. The van der Waals surface area contributed by atoms with Gasteiger partial charge in [0, 0.05) is 5.92 Å². The number of amides is 2. The van der Waals surface area contributed by atoms with Crippen molar-refractivity contribution in [1.29, 1.82) is 0 Å². The molecule has 0 bridgehead atoms. The summed E-state index contributed by atoms with van der Waals surface area (Å²) in [6.45, 7) is 8.66. The fourth-order valence-electron chi connectivity index (χ4n) is 2.56. The maximum atomic E-state index is 12.5. The van der Waals surface area contributed by atoms with Gasteiger partial charge in [0.05, 0.1) is 0 Å². The van der Waals surface area contributed by atoms with Crippen molar-refractivity contribution < 1.29 is 19.5 Å². The van der Waals surface area contributed by atoms with Gasteiger partial charge in [0.15, 0.2) is 0 Å². The lowest BCUT2D eigenvalue weighted by Crippen LogP contribution is -2.57. The van der Waals surface area contributed by atoms with Crippen LogP contribution in [0.3, 0.4) is 0 Å². The van der Waals surface area contributed by atoms with E-state index in [0.29, 0.717) is 0 Å². The molecule has 0 aromatic rings. The van der Waals surface area contributed by atoms with Gasteiger partial charge in [-0.2, -0.15) is 0 Å². The van der Waals surface area contributed by atoms with Crippen molar-refractivity contribution in [3.8, 4) is 0 Å². The van der Waals surface area contributed by atoms with Crippen molar-refractivity contribution in [2.75, 3.05) is 20.1 Å². The fraction of sp³-hybridized carbons (Fsp3) is 0.812. The molecule has 0 aromatic carbocycles. The Morgan fingerprint density at radius 2 is 1.65 bits per heavy atom. The molecule has 1 heterocycles. The van der Waals surface area contributed by atoms with E-state index in [1.165, 1.54) is 6.92 Å². The number of nitrogens with zero attached hydrogens (tertiary/aromatic N) is 1. The second-order valence-electron chi connectivity index (χ2n) is 7.45. The molecule has 1 aliphatic heterocycles. The molecule has 0 spiro atoms. The molecule has 1 aliphatic rings. The molecule has 1 rings (SSSR count). The zero-order valence-electron chi connectivity index (χ0n) is 14.7. The van der Waals surface area contributed by atoms with Crippen molar-refractivity contribution in [3.63, 3.8) is 0 Å². The van der Waals surface area contributed by atoms with E-state index in [4.69, 9.17) is 5.11 Å². The predicted octanol–water partition coefficient (Wildman–Crippen LogP) is 0.448. The van der Waals surface area contributed by atoms with Gasteiger partial charge in [-0.3, -0.25) is 14.4 Å². The number of hydrogen-bond acceptors (Lipinski definition) is 4. The molecule has 2 unspecified atom stereocenters. The number of aliphatic carboxylic acids is 1. The van der Waals surface area contributed by atoms with Gasteiger partial charge in [0.25, 0.3) is 0 Å². The number of carbonyl (C=O) groups is 3. The minimum Gasteiger partial charge on any atom is -0.480 e. The standard InChI is InChI=1S/C16H29N3O4/c1-10(15(22)23)17-14(21)12(16(2,3)4)18-13(20)11-6-8-19(5)9-7-11/h10-12H,6-9H2,1-5H3,(H,17,21)(H,18,20)(H,22,23). The summed E-state index contributed by atoms with van der Waals surface area (Å²) in [6, 6.07) is -1.76. The molecule has 0 aliphatic carbocycles. The van der Waals surface area contributed by atoms with Crippen molar-refractivity contribution in [1.82, 2.24) is 15.5 Å². The van der Waals surface area contributed by atoms with Gasteiger partial charge in [0.2, 0.25) is 11.8 Å². The van der Waals surface area contributed by atoms with E-state index in [0.717, 1.165) is 25.9 Å². The number of carboxylic acids is 1. The highest BCUT2D eigenvalue weighted by Gasteiger charge is 2.36. The molecule has 7 nitrogen and oxygen atoms in total. The summed E-state index contributed by atoms with van der Waals surface area (Å²) in [6.07, 6.45) is 1.54. The van der Waals surface area contributed by atoms with Crippen LogP contribution in [-0.4, -0.2) is 60.0 Å². The Hall–Kier alpha value is -1.63. The topological polar surface area (TPSA) is 98.7 Å². The van der Waals surface area contributed by atoms with Gasteiger partial charge in [0.1, 0.15) is 12.1 Å². The summed E-state index contributed by atoms with van der Waals surface area (Å²) >= 11 is 0. The lowest BCUT2D eigenvalue weighted by molar-refractivity contribution is -0.142. The third-order valence-corrected chi connectivity index (χ3v) is 4.23. The minimum absolute atomic E-state index is 0.0965. The number of rotatable bonds is 5. The van der Waals surface area contributed by atoms with Crippen LogP contribution in [0.25, 0.3) is 0 Å². The van der Waals surface area contributed by atoms with Crippen LogP contribution in [-0.2, 0) is 14.4 Å². The van der Waals surface area contributed by atoms with Crippen LogP contribution in [0, 0.1) is 11.3 Å². The Balaban J connectivity index is 2.73. The third-order valence-electron chi connectivity index (χ3n) is 4.23. The van der Waals surface area contributed by atoms with E-state index in [1.807, 2.05) is 27.8 Å². The molecule has 1 fully saturated rings. The van der Waals surface area contributed by atoms with Crippen molar-refractivity contribution in [2.24, 2.45) is 11.3 Å². The monoisotopic (exact) mass is 327 g/mol. The maximum Gasteiger partial charge on any atom is 0.325 e. The van der Waals surface area contributed by atoms with Crippen LogP contribution < -0.4 is 10.6 Å². The molecule has 0 saturated carbocycles. The van der Waals surface area contributed by atoms with Crippen molar-refractivity contribution in [3.05, 3.63) is 0 Å². The molecule has 1 saturated heterocycles. The van der Waals surface area contributed by atoms with E-state index < -0.39 is 29.4 Å². The predicted molar refractivity (Wildman–Crippen MR) is 86.8 cm³/mol. The van der Waals surface area contributed by atoms with Crippen LogP contribution in [0.5, 0.6) is 0 Å². The molecule has 0 radical (unpaired) electrons. The molecule has 132 valence electrons. The van der Waals surface area contributed by atoms with E-state index >= 15 is 0 Å². The van der Waals surface area contributed by atoms with Crippen molar-refractivity contribution in [2.45, 2.75) is 52.6 Å². The molecule has 2 atom stereocenters. The average molecular weight is 327 g/mol. The van der Waals surface area contributed by atoms with E-state index in [2.05, 4.69) is 15.5 Å². The Morgan fingerprint density at radius 1 is 1.13 bits per heavy atom. The SMILES string of the molecule is CC(NC(=O)C(NC(=O)C1CCN(C)CC1)C(C)(C)C)C(=O)O. The molecular formula is C16H29N3O4. The highest BCUT2D eigenvalue weighted by Crippen LogP contribution is 2.22. The van der Waals surface area contributed by atoms with Crippen LogP contribution in [0.15, 0.2) is 0 Å². The second kappa shape index (κ2) is 7.77. The van der Waals surface area contributed by atoms with Gasteiger partial charge in [-0.1, -0.05) is 20.8 Å². The lowest BCUT2D eigenvalue weighted by Gasteiger charge is -2.34. The smallest absolute Gasteiger partial charge is 0.325 e. The quantitative estimate of drug-likeness (QED) is 0.681. The van der Waals surface area contributed by atoms with Crippen LogP contribution >= 0.6 is 0 Å². The van der Waals surface area contributed by atoms with E-state index in [-0.39, 0.29) is 11.8 Å². The zero-order valence-corrected chi connectivity index (χ0v) is 14.7. The number of nitrogens with one attached hydrogen (secondary N) is 2. The first-order valence-electron chi connectivity index (χ1n) is 8.04. The van der Waals surface area contributed by atoms with Crippen molar-refractivity contribution >= 4 is 17.8 Å². The van der Waals surface area contributed by atoms with Gasteiger partial charge in [-0.15, -0.1) is 0 Å². The molecule has 0 aromatic heterocycles. The minimum atomic E-state index is -1.10. The molecule has 7 heteroatoms. The highest BCUT2D eigenvalue weighted by atomic mass is 16.4. The Kier molecular flexibility index (Phi) is 6.56. The Bertz CT molecular complexity index is 451. The van der Waals surface area contributed by atoms with Crippen LogP contribution in [0.4, 0.5) is 0 Å². The molecular weight excluding hydrogens is 298 g/mol. The summed E-state index contributed by atoms with van der Waals surface area (Å²) in [5.41, 5.74) is -0.510. The van der Waals surface area contributed by atoms with Crippen LogP contribution in [0.1, 0.15) is 40.5 Å². The second-order valence-corrected chi connectivity index (χ2v) is 7.45. The highest BCUT2D eigenvalue weighted by molar-refractivity contribution is 5.91. The number of carboxylic acid groups (broad SMARTS) is 1. The van der Waals surface area contributed by atoms with Gasteiger partial charge >= 0.3 is 5.97 Å². The fourth-order valence-corrected chi connectivity index (χ4v) is 2.56. The van der Waals surface area contributed by atoms with Gasteiger partial charge in [-0.25, -0.2) is 0 Å². The Morgan fingerprint density at radius 3 is 2.09 bits per heavy atom. The lowest BCUT2D eigenvalue weighted by atomic mass is 9.85. The first-order chi connectivity index (χ1) is 10.5. The van der Waals surface area contributed by atoms with Gasteiger partial charge < -0.3 is 20.6 Å². The zero-order chi connectivity index (χ0) is 17.8. The number of carbonyl (C=O) groups excluding carboxylic acids is 2. The maximum absolute atomic E-state index is 12.5. The third kappa shape index (κ3) is 5.82. The normalized spacial score (nSPS) is 19.7. The summed E-state index contributed by atoms with van der Waals surface area (Å²) in [5, 5.41) is 14.2. The van der Waals surface area contributed by atoms with Gasteiger partial charge in [-0.05, 0) is 45.3 Å². The number of hydrogen-bond donors (Lipinski definition) is 3. The van der Waals surface area contributed by atoms with Crippen LogP contribution in [0.2, 0.25) is 0 Å². The molecule has 23 heavy (non-hydrogen) atoms. The first-order valence-corrected chi connectivity index (χ1v) is 8.04. The average Bonchev–Trinajstić information content (AvgIpc) is 2.43.